The molecule has 7 nitrogen and oxygen atoms in total. The van der Waals surface area contributed by atoms with E-state index in [2.05, 4.69) is 15.4 Å². The van der Waals surface area contributed by atoms with Crippen molar-refractivity contribution in [2.24, 2.45) is 12.0 Å². The quantitative estimate of drug-likeness (QED) is 0.639. The van der Waals surface area contributed by atoms with E-state index in [9.17, 15) is 13.6 Å². The molecule has 1 aromatic carbocycles. The number of amides is 1. The lowest BCUT2D eigenvalue weighted by Gasteiger charge is -2.35. The van der Waals surface area contributed by atoms with E-state index in [1.54, 1.807) is 36.1 Å². The van der Waals surface area contributed by atoms with Gasteiger partial charge in [0.2, 0.25) is 5.91 Å². The predicted octanol–water partition coefficient (Wildman–Crippen LogP) is 1.48. The Bertz CT molecular complexity index is 907. The molecule has 4 rings (SSSR count). The Morgan fingerprint density at radius 1 is 1.29 bits per heavy atom. The molecule has 1 N–H and O–H groups in total. The third kappa shape index (κ3) is 3.44. The molecule has 1 aromatic heterocycles. The number of halogens is 2. The number of hydrogen-bond donors (Lipinski definition) is 1. The van der Waals surface area contributed by atoms with Gasteiger partial charge in [0.25, 0.3) is 0 Å². The molecule has 2 fully saturated rings. The molecule has 148 valence electrons. The molecule has 1 aliphatic carbocycles. The monoisotopic (exact) mass is 388 g/mol. The maximum atomic E-state index is 14.0. The molecular weight excluding hydrogens is 366 g/mol. The minimum atomic E-state index is -0.524. The van der Waals surface area contributed by atoms with Gasteiger partial charge in [-0.1, -0.05) is 6.07 Å². The van der Waals surface area contributed by atoms with Gasteiger partial charge in [-0.3, -0.25) is 14.5 Å². The maximum absolute atomic E-state index is 14.0. The third-order valence-corrected chi connectivity index (χ3v) is 5.21. The van der Waals surface area contributed by atoms with Crippen molar-refractivity contribution >= 4 is 17.6 Å². The van der Waals surface area contributed by atoms with Crippen molar-refractivity contribution in [3.8, 4) is 0 Å². The van der Waals surface area contributed by atoms with Crippen molar-refractivity contribution in [1.82, 2.24) is 20.0 Å². The number of hydrogen-bond acceptors (Lipinski definition) is 3. The molecule has 2 heterocycles. The van der Waals surface area contributed by atoms with Crippen LogP contribution in [-0.4, -0.2) is 59.3 Å². The van der Waals surface area contributed by atoms with Crippen LogP contribution in [-0.2, 0) is 11.8 Å². The van der Waals surface area contributed by atoms with Crippen LogP contribution in [0.25, 0.3) is 0 Å². The van der Waals surface area contributed by atoms with Crippen LogP contribution in [0.15, 0.2) is 35.6 Å². The second-order valence-electron chi connectivity index (χ2n) is 7.11. The molecule has 1 saturated carbocycles. The van der Waals surface area contributed by atoms with Crippen LogP contribution in [0.4, 0.5) is 14.5 Å². The van der Waals surface area contributed by atoms with E-state index in [1.807, 2.05) is 4.90 Å². The molecule has 2 atom stereocenters. The largest absolute Gasteiger partial charge is 0.353 e. The zero-order valence-electron chi connectivity index (χ0n) is 15.8. The number of guanidine groups is 1. The average Bonchev–Trinajstić information content (AvgIpc) is 3.28. The summed E-state index contributed by atoms with van der Waals surface area (Å²) in [5.74, 6) is -0.752. The summed E-state index contributed by atoms with van der Waals surface area (Å²) in [5.41, 5.74) is 0.889. The Labute approximate surface area is 161 Å². The Kier molecular flexibility index (Phi) is 4.74. The SMILES string of the molecule is CN=C(NC1CC1c1c(F)cccc1F)N1CCN(c2cnn(C)c2)C(=O)C1. The summed E-state index contributed by atoms with van der Waals surface area (Å²) in [4.78, 5) is 20.4. The summed E-state index contributed by atoms with van der Waals surface area (Å²) < 4.78 is 29.6. The minimum Gasteiger partial charge on any atom is -0.353 e. The molecule has 2 unspecified atom stereocenters. The van der Waals surface area contributed by atoms with Gasteiger partial charge in [-0.15, -0.1) is 0 Å². The molecule has 1 amide bonds. The zero-order chi connectivity index (χ0) is 19.8. The van der Waals surface area contributed by atoms with Crippen molar-refractivity contribution in [2.75, 3.05) is 31.6 Å². The van der Waals surface area contributed by atoms with Crippen LogP contribution in [0.1, 0.15) is 17.9 Å². The van der Waals surface area contributed by atoms with Crippen molar-refractivity contribution in [3.63, 3.8) is 0 Å². The average molecular weight is 388 g/mol. The highest BCUT2D eigenvalue weighted by Crippen LogP contribution is 2.43. The lowest BCUT2D eigenvalue weighted by Crippen LogP contribution is -2.55. The van der Waals surface area contributed by atoms with Crippen molar-refractivity contribution < 1.29 is 13.6 Å². The molecule has 9 heteroatoms. The number of piperazine rings is 1. The Balaban J connectivity index is 1.39. The number of carbonyl (C=O) groups excluding carboxylic acids is 1. The molecule has 0 bridgehead atoms. The standard InChI is InChI=1S/C19H22F2N6O/c1-22-19(24-16-8-13(16)18-14(20)4-3-5-15(18)21)26-6-7-27(17(28)11-26)12-9-23-25(2)10-12/h3-5,9-10,13,16H,6-8,11H2,1-2H3,(H,22,24). The summed E-state index contributed by atoms with van der Waals surface area (Å²) in [6.45, 7) is 1.30. The van der Waals surface area contributed by atoms with Crippen LogP contribution in [0, 0.1) is 11.6 Å². The number of aliphatic imine (C=N–C) groups is 1. The van der Waals surface area contributed by atoms with Gasteiger partial charge in [-0.2, -0.15) is 5.10 Å². The Hall–Kier alpha value is -2.97. The second kappa shape index (κ2) is 7.21. The highest BCUT2D eigenvalue weighted by atomic mass is 19.1. The molecule has 1 aliphatic heterocycles. The minimum absolute atomic E-state index is 0.0466. The fourth-order valence-electron chi connectivity index (χ4n) is 3.68. The maximum Gasteiger partial charge on any atom is 0.246 e. The first-order valence-corrected chi connectivity index (χ1v) is 9.19. The van der Waals surface area contributed by atoms with Crippen LogP contribution in [0.3, 0.4) is 0 Å². The fraction of sp³-hybridized carbons (Fsp3) is 0.421. The molecule has 2 aromatic rings. The summed E-state index contributed by atoms with van der Waals surface area (Å²) in [6, 6.07) is 3.82. The van der Waals surface area contributed by atoms with Gasteiger partial charge in [0.05, 0.1) is 11.9 Å². The molecule has 2 aliphatic rings. The van der Waals surface area contributed by atoms with Gasteiger partial charge in [0.1, 0.15) is 18.2 Å². The summed E-state index contributed by atoms with van der Waals surface area (Å²) >= 11 is 0. The number of aromatic nitrogens is 2. The molecular formula is C19H22F2N6O. The van der Waals surface area contributed by atoms with E-state index >= 15 is 0 Å². The third-order valence-electron chi connectivity index (χ3n) is 5.21. The first-order valence-electron chi connectivity index (χ1n) is 9.19. The van der Waals surface area contributed by atoms with E-state index in [1.165, 1.54) is 18.2 Å². The van der Waals surface area contributed by atoms with E-state index in [4.69, 9.17) is 0 Å². The molecule has 0 radical (unpaired) electrons. The number of rotatable bonds is 3. The van der Waals surface area contributed by atoms with Crippen LogP contribution >= 0.6 is 0 Å². The Morgan fingerprint density at radius 3 is 2.64 bits per heavy atom. The smallest absolute Gasteiger partial charge is 0.246 e. The predicted molar refractivity (Wildman–Crippen MR) is 101 cm³/mol. The summed E-state index contributed by atoms with van der Waals surface area (Å²) in [5, 5.41) is 7.36. The number of nitrogens with zero attached hydrogens (tertiary/aromatic N) is 5. The van der Waals surface area contributed by atoms with Crippen molar-refractivity contribution in [3.05, 3.63) is 47.8 Å². The van der Waals surface area contributed by atoms with Crippen LogP contribution in [0.5, 0.6) is 0 Å². The molecule has 1 saturated heterocycles. The summed E-state index contributed by atoms with van der Waals surface area (Å²) in [7, 11) is 3.45. The molecule has 0 spiro atoms. The van der Waals surface area contributed by atoms with Gasteiger partial charge in [-0.05, 0) is 18.6 Å². The van der Waals surface area contributed by atoms with Gasteiger partial charge in [0, 0.05) is 50.9 Å². The zero-order valence-corrected chi connectivity index (χ0v) is 15.8. The number of benzene rings is 1. The van der Waals surface area contributed by atoms with Gasteiger partial charge in [0.15, 0.2) is 5.96 Å². The van der Waals surface area contributed by atoms with E-state index in [-0.39, 0.29) is 30.0 Å². The summed E-state index contributed by atoms with van der Waals surface area (Å²) in [6.07, 6.45) is 4.09. The fourth-order valence-corrected chi connectivity index (χ4v) is 3.68. The number of carbonyl (C=O) groups is 1. The van der Waals surface area contributed by atoms with Gasteiger partial charge >= 0.3 is 0 Å². The normalized spacial score (nSPS) is 22.6. The van der Waals surface area contributed by atoms with Crippen LogP contribution < -0.4 is 10.2 Å². The molecule has 28 heavy (non-hydrogen) atoms. The number of aryl methyl sites for hydroxylation is 1. The van der Waals surface area contributed by atoms with E-state index in [0.29, 0.717) is 25.5 Å². The first-order chi connectivity index (χ1) is 13.5. The van der Waals surface area contributed by atoms with E-state index < -0.39 is 11.6 Å². The van der Waals surface area contributed by atoms with Crippen molar-refractivity contribution in [1.29, 1.82) is 0 Å². The lowest BCUT2D eigenvalue weighted by molar-refractivity contribution is -0.120. The first kappa shape index (κ1) is 18.4. The number of nitrogens with one attached hydrogen (secondary N) is 1. The van der Waals surface area contributed by atoms with E-state index in [0.717, 1.165) is 5.69 Å². The Morgan fingerprint density at radius 2 is 2.04 bits per heavy atom. The van der Waals surface area contributed by atoms with Gasteiger partial charge < -0.3 is 15.1 Å². The highest BCUT2D eigenvalue weighted by Gasteiger charge is 2.43. The topological polar surface area (TPSA) is 65.8 Å². The lowest BCUT2D eigenvalue weighted by atomic mass is 10.1. The van der Waals surface area contributed by atoms with Gasteiger partial charge in [-0.25, -0.2) is 8.78 Å². The number of anilines is 1. The second-order valence-corrected chi connectivity index (χ2v) is 7.11. The van der Waals surface area contributed by atoms with Crippen molar-refractivity contribution in [2.45, 2.75) is 18.4 Å². The van der Waals surface area contributed by atoms with Crippen LogP contribution in [0.2, 0.25) is 0 Å². The highest BCUT2D eigenvalue weighted by molar-refractivity contribution is 5.98.